The standard InChI is InChI=1S/C24H22N4O2/c1-3-15-30-20-11-9-18(10-12-20)17-27(2)24(29)21-16-26-28-22(13-14-25-23(21)28)19-7-5-4-6-8-19/h3-14,16H,1,15,17H2,2H3. The summed E-state index contributed by atoms with van der Waals surface area (Å²) in [6, 6.07) is 19.5. The van der Waals surface area contributed by atoms with Crippen molar-refractivity contribution in [2.45, 2.75) is 6.54 Å². The van der Waals surface area contributed by atoms with Crippen LogP contribution < -0.4 is 4.74 Å². The van der Waals surface area contributed by atoms with Crippen molar-refractivity contribution >= 4 is 11.6 Å². The van der Waals surface area contributed by atoms with Crippen LogP contribution in [-0.4, -0.2) is 39.1 Å². The lowest BCUT2D eigenvalue weighted by molar-refractivity contribution is 0.0787. The smallest absolute Gasteiger partial charge is 0.259 e. The van der Waals surface area contributed by atoms with Gasteiger partial charge in [-0.05, 0) is 23.8 Å². The Hall–Kier alpha value is -3.93. The molecule has 2 aromatic heterocycles. The third kappa shape index (κ3) is 3.93. The average molecular weight is 398 g/mol. The van der Waals surface area contributed by atoms with Gasteiger partial charge in [0.15, 0.2) is 5.65 Å². The van der Waals surface area contributed by atoms with E-state index in [1.807, 2.05) is 60.7 Å². The molecule has 2 aromatic carbocycles. The van der Waals surface area contributed by atoms with Crippen LogP contribution in [0.2, 0.25) is 0 Å². The molecule has 0 aliphatic carbocycles. The van der Waals surface area contributed by atoms with Gasteiger partial charge in [0, 0.05) is 25.4 Å². The summed E-state index contributed by atoms with van der Waals surface area (Å²) in [6.45, 7) is 4.57. The molecule has 0 N–H and O–H groups in total. The van der Waals surface area contributed by atoms with Gasteiger partial charge in [0.1, 0.15) is 17.9 Å². The van der Waals surface area contributed by atoms with Crippen LogP contribution in [0, 0.1) is 0 Å². The van der Waals surface area contributed by atoms with Gasteiger partial charge in [-0.3, -0.25) is 4.79 Å². The highest BCUT2D eigenvalue weighted by molar-refractivity contribution is 5.99. The first kappa shape index (κ1) is 19.4. The van der Waals surface area contributed by atoms with Gasteiger partial charge in [0.2, 0.25) is 0 Å². The topological polar surface area (TPSA) is 59.7 Å². The van der Waals surface area contributed by atoms with Crippen LogP contribution in [-0.2, 0) is 6.54 Å². The van der Waals surface area contributed by atoms with Gasteiger partial charge < -0.3 is 9.64 Å². The van der Waals surface area contributed by atoms with Crippen LogP contribution in [0.15, 0.2) is 85.7 Å². The van der Waals surface area contributed by atoms with Crippen LogP contribution in [0.4, 0.5) is 0 Å². The van der Waals surface area contributed by atoms with E-state index < -0.39 is 0 Å². The molecule has 4 rings (SSSR count). The third-order valence-electron chi connectivity index (χ3n) is 4.76. The van der Waals surface area contributed by atoms with Crippen molar-refractivity contribution in [3.8, 4) is 17.0 Å². The highest BCUT2D eigenvalue weighted by Crippen LogP contribution is 2.22. The fourth-order valence-corrected chi connectivity index (χ4v) is 3.27. The quantitative estimate of drug-likeness (QED) is 0.437. The summed E-state index contributed by atoms with van der Waals surface area (Å²) in [7, 11) is 1.77. The lowest BCUT2D eigenvalue weighted by Crippen LogP contribution is -2.26. The summed E-state index contributed by atoms with van der Waals surface area (Å²) in [4.78, 5) is 19.1. The number of fused-ring (bicyclic) bond motifs is 1. The number of carbonyl (C=O) groups excluding carboxylic acids is 1. The van der Waals surface area contributed by atoms with Gasteiger partial charge in [-0.25, -0.2) is 9.50 Å². The number of nitrogens with zero attached hydrogens (tertiary/aromatic N) is 4. The summed E-state index contributed by atoms with van der Waals surface area (Å²) in [5.41, 5.74) is 3.92. The molecule has 30 heavy (non-hydrogen) atoms. The molecular weight excluding hydrogens is 376 g/mol. The molecule has 1 amide bonds. The van der Waals surface area contributed by atoms with Crippen LogP contribution >= 0.6 is 0 Å². The number of benzene rings is 2. The Bertz CT molecular complexity index is 1170. The molecule has 4 aromatic rings. The van der Waals surface area contributed by atoms with E-state index in [2.05, 4.69) is 16.7 Å². The van der Waals surface area contributed by atoms with E-state index in [1.54, 1.807) is 34.9 Å². The van der Waals surface area contributed by atoms with Crippen molar-refractivity contribution in [3.63, 3.8) is 0 Å². The van der Waals surface area contributed by atoms with E-state index in [0.717, 1.165) is 22.6 Å². The maximum atomic E-state index is 13.1. The van der Waals surface area contributed by atoms with Crippen molar-refractivity contribution in [2.75, 3.05) is 13.7 Å². The molecule has 0 spiro atoms. The molecular formula is C24H22N4O2. The van der Waals surface area contributed by atoms with Crippen LogP contribution in [0.3, 0.4) is 0 Å². The van der Waals surface area contributed by atoms with E-state index in [4.69, 9.17) is 4.74 Å². The Morgan fingerprint density at radius 3 is 2.63 bits per heavy atom. The van der Waals surface area contributed by atoms with E-state index in [-0.39, 0.29) is 5.91 Å². The lowest BCUT2D eigenvalue weighted by atomic mass is 10.1. The summed E-state index contributed by atoms with van der Waals surface area (Å²) in [5.74, 6) is 0.641. The number of aromatic nitrogens is 3. The SMILES string of the molecule is C=CCOc1ccc(CN(C)C(=O)c2cnn3c(-c4ccccc4)ccnc23)cc1. The molecule has 6 nitrogen and oxygen atoms in total. The van der Waals surface area contributed by atoms with Gasteiger partial charge in [-0.2, -0.15) is 5.10 Å². The van der Waals surface area contributed by atoms with Crippen LogP contribution in [0.25, 0.3) is 16.9 Å². The van der Waals surface area contributed by atoms with Gasteiger partial charge in [-0.15, -0.1) is 0 Å². The zero-order chi connectivity index (χ0) is 20.9. The third-order valence-corrected chi connectivity index (χ3v) is 4.76. The Morgan fingerprint density at radius 1 is 1.13 bits per heavy atom. The number of carbonyl (C=O) groups is 1. The van der Waals surface area contributed by atoms with E-state index in [1.165, 1.54) is 0 Å². The Morgan fingerprint density at radius 2 is 1.90 bits per heavy atom. The molecule has 0 saturated heterocycles. The summed E-state index contributed by atoms with van der Waals surface area (Å²) in [6.07, 6.45) is 4.99. The monoisotopic (exact) mass is 398 g/mol. The summed E-state index contributed by atoms with van der Waals surface area (Å²) >= 11 is 0. The largest absolute Gasteiger partial charge is 0.490 e. The number of hydrogen-bond donors (Lipinski definition) is 0. The van der Waals surface area contributed by atoms with Gasteiger partial charge in [0.05, 0.1) is 11.9 Å². The molecule has 150 valence electrons. The first-order valence-electron chi connectivity index (χ1n) is 9.63. The first-order chi connectivity index (χ1) is 14.7. The van der Waals surface area contributed by atoms with Crippen molar-refractivity contribution in [2.24, 2.45) is 0 Å². The summed E-state index contributed by atoms with van der Waals surface area (Å²) in [5, 5.41) is 4.43. The highest BCUT2D eigenvalue weighted by Gasteiger charge is 2.19. The molecule has 0 bridgehead atoms. The molecule has 6 heteroatoms. The maximum absolute atomic E-state index is 13.1. The molecule has 0 aliphatic rings. The van der Waals surface area contributed by atoms with Crippen LogP contribution in [0.1, 0.15) is 15.9 Å². The van der Waals surface area contributed by atoms with Gasteiger partial charge >= 0.3 is 0 Å². The van der Waals surface area contributed by atoms with Crippen LogP contribution in [0.5, 0.6) is 5.75 Å². The minimum Gasteiger partial charge on any atom is -0.490 e. The molecule has 2 heterocycles. The van der Waals surface area contributed by atoms with E-state index in [0.29, 0.717) is 24.4 Å². The predicted molar refractivity (Wildman–Crippen MR) is 116 cm³/mol. The van der Waals surface area contributed by atoms with Gasteiger partial charge in [0.25, 0.3) is 5.91 Å². The molecule has 0 atom stereocenters. The Kier molecular flexibility index (Phi) is 5.57. The van der Waals surface area contributed by atoms with Crippen molar-refractivity contribution in [1.29, 1.82) is 0 Å². The highest BCUT2D eigenvalue weighted by atomic mass is 16.5. The first-order valence-corrected chi connectivity index (χ1v) is 9.63. The maximum Gasteiger partial charge on any atom is 0.259 e. The number of rotatable bonds is 7. The fourth-order valence-electron chi connectivity index (χ4n) is 3.27. The zero-order valence-corrected chi connectivity index (χ0v) is 16.7. The second-order valence-corrected chi connectivity index (χ2v) is 6.89. The number of hydrogen-bond acceptors (Lipinski definition) is 4. The van der Waals surface area contributed by atoms with Gasteiger partial charge in [-0.1, -0.05) is 55.1 Å². The molecule has 0 saturated carbocycles. The average Bonchev–Trinajstić information content (AvgIpc) is 3.23. The van der Waals surface area contributed by atoms with Crippen molar-refractivity contribution < 1.29 is 9.53 Å². The minimum absolute atomic E-state index is 0.130. The molecule has 0 radical (unpaired) electrons. The Labute approximate surface area is 175 Å². The zero-order valence-electron chi connectivity index (χ0n) is 16.7. The Balaban J connectivity index is 1.55. The summed E-state index contributed by atoms with van der Waals surface area (Å²) < 4.78 is 7.21. The molecule has 0 aliphatic heterocycles. The second kappa shape index (κ2) is 8.61. The molecule has 0 unspecified atom stereocenters. The van der Waals surface area contributed by atoms with E-state index in [9.17, 15) is 4.79 Å². The molecule has 0 fully saturated rings. The predicted octanol–water partition coefficient (Wildman–Crippen LogP) is 4.23. The minimum atomic E-state index is -0.130. The fraction of sp³-hybridized carbons (Fsp3) is 0.125. The van der Waals surface area contributed by atoms with Crippen molar-refractivity contribution in [1.82, 2.24) is 19.5 Å². The normalized spacial score (nSPS) is 10.7. The second-order valence-electron chi connectivity index (χ2n) is 6.89. The van der Waals surface area contributed by atoms with E-state index >= 15 is 0 Å². The van der Waals surface area contributed by atoms with Crippen molar-refractivity contribution in [3.05, 3.63) is 96.8 Å². The number of ether oxygens (including phenoxy) is 1. The lowest BCUT2D eigenvalue weighted by Gasteiger charge is -2.17. The number of amides is 1.